The molecule has 0 radical (unpaired) electrons. The molecule has 0 bridgehead atoms. The Morgan fingerprint density at radius 2 is 2.03 bits per heavy atom. The number of nitrogens with one attached hydrogen (secondary N) is 1. The summed E-state index contributed by atoms with van der Waals surface area (Å²) in [6.07, 6.45) is -3.22. The molecular formula is C19H25F3N4O4S. The van der Waals surface area contributed by atoms with Crippen LogP contribution in [0.15, 0.2) is 18.3 Å². The Kier molecular flexibility index (Phi) is 8.60. The van der Waals surface area contributed by atoms with Gasteiger partial charge in [0.05, 0.1) is 12.6 Å². The number of aromatic nitrogens is 2. The van der Waals surface area contributed by atoms with E-state index >= 15 is 0 Å². The number of amides is 1. The fourth-order valence-electron chi connectivity index (χ4n) is 2.99. The van der Waals surface area contributed by atoms with E-state index in [0.29, 0.717) is 18.8 Å². The lowest BCUT2D eigenvalue weighted by Gasteiger charge is -2.33. The van der Waals surface area contributed by atoms with Crippen molar-refractivity contribution in [3.63, 3.8) is 0 Å². The van der Waals surface area contributed by atoms with Gasteiger partial charge in [-0.15, -0.1) is 11.3 Å². The van der Waals surface area contributed by atoms with E-state index in [0.717, 1.165) is 25.5 Å². The highest BCUT2D eigenvalue weighted by Crippen LogP contribution is 2.28. The number of carbonyl (C=O) groups excluding carboxylic acids is 1. The van der Waals surface area contributed by atoms with Crippen molar-refractivity contribution < 1.29 is 32.6 Å². The Hall–Kier alpha value is -2.44. The van der Waals surface area contributed by atoms with Crippen LogP contribution in [0.2, 0.25) is 0 Å². The van der Waals surface area contributed by atoms with Crippen molar-refractivity contribution in [3.05, 3.63) is 39.6 Å². The van der Waals surface area contributed by atoms with Crippen molar-refractivity contribution in [2.24, 2.45) is 0 Å². The SMILES string of the molecule is COCCNC(=O)c1cn2c(n1)C(C)N(Cc1ccc(C)s1)CC2.O=C(O)C(F)(F)F. The van der Waals surface area contributed by atoms with E-state index in [1.807, 2.05) is 17.5 Å². The summed E-state index contributed by atoms with van der Waals surface area (Å²) in [6, 6.07) is 4.56. The number of carbonyl (C=O) groups is 2. The van der Waals surface area contributed by atoms with Gasteiger partial charge in [0.25, 0.3) is 5.91 Å². The van der Waals surface area contributed by atoms with E-state index in [4.69, 9.17) is 14.6 Å². The minimum absolute atomic E-state index is 0.137. The number of imidazole rings is 1. The highest BCUT2D eigenvalue weighted by Gasteiger charge is 2.38. The van der Waals surface area contributed by atoms with E-state index in [2.05, 4.69) is 45.7 Å². The maximum Gasteiger partial charge on any atom is 0.490 e. The smallest absolute Gasteiger partial charge is 0.475 e. The highest BCUT2D eigenvalue weighted by atomic mass is 32.1. The summed E-state index contributed by atoms with van der Waals surface area (Å²) in [5.74, 6) is -1.93. The van der Waals surface area contributed by atoms with Gasteiger partial charge in [-0.05, 0) is 26.0 Å². The van der Waals surface area contributed by atoms with Crippen LogP contribution >= 0.6 is 11.3 Å². The van der Waals surface area contributed by atoms with Crippen LogP contribution in [-0.2, 0) is 22.6 Å². The molecule has 1 aliphatic heterocycles. The third-order valence-electron chi connectivity index (χ3n) is 4.58. The standard InChI is InChI=1S/C17H24N4O2S.C2HF3O2/c1-12-4-5-14(24-12)10-20-7-8-21-11-15(19-16(21)13(20)2)17(22)18-6-9-23-3;3-2(4,5)1(6)7/h4-5,11,13H,6-10H2,1-3H3,(H,18,22);(H,6,7). The lowest BCUT2D eigenvalue weighted by Crippen LogP contribution is -2.36. The zero-order valence-corrected chi connectivity index (χ0v) is 18.2. The number of hydrogen-bond acceptors (Lipinski definition) is 6. The average molecular weight is 462 g/mol. The van der Waals surface area contributed by atoms with Crippen molar-refractivity contribution in [1.29, 1.82) is 0 Å². The molecule has 0 fully saturated rings. The molecule has 3 rings (SSSR count). The number of carboxylic acids is 1. The second-order valence-electron chi connectivity index (χ2n) is 6.89. The zero-order chi connectivity index (χ0) is 23.2. The van der Waals surface area contributed by atoms with Gasteiger partial charge in [-0.2, -0.15) is 13.2 Å². The van der Waals surface area contributed by atoms with Gasteiger partial charge < -0.3 is 19.7 Å². The number of aliphatic carboxylic acids is 1. The van der Waals surface area contributed by atoms with Crippen LogP contribution in [0.25, 0.3) is 0 Å². The summed E-state index contributed by atoms with van der Waals surface area (Å²) >= 11 is 1.84. The Balaban J connectivity index is 0.000000423. The van der Waals surface area contributed by atoms with Crippen LogP contribution in [0, 0.1) is 6.92 Å². The monoisotopic (exact) mass is 462 g/mol. The lowest BCUT2D eigenvalue weighted by molar-refractivity contribution is -0.192. The molecule has 3 heterocycles. The number of thiophene rings is 1. The van der Waals surface area contributed by atoms with Crippen LogP contribution in [0.3, 0.4) is 0 Å². The van der Waals surface area contributed by atoms with Crippen LogP contribution in [0.5, 0.6) is 0 Å². The molecule has 1 atom stereocenters. The summed E-state index contributed by atoms with van der Waals surface area (Å²) in [6.45, 7) is 8.05. The number of hydrogen-bond donors (Lipinski definition) is 2. The molecule has 1 aliphatic rings. The maximum absolute atomic E-state index is 12.2. The Morgan fingerprint density at radius 1 is 1.35 bits per heavy atom. The van der Waals surface area contributed by atoms with Gasteiger partial charge in [-0.25, -0.2) is 9.78 Å². The Bertz CT molecular complexity index is 897. The molecule has 172 valence electrons. The van der Waals surface area contributed by atoms with Gasteiger partial charge in [0.15, 0.2) is 0 Å². The quantitative estimate of drug-likeness (QED) is 0.641. The molecule has 31 heavy (non-hydrogen) atoms. The number of halogens is 3. The molecule has 2 N–H and O–H groups in total. The zero-order valence-electron chi connectivity index (χ0n) is 17.4. The molecular weight excluding hydrogens is 437 g/mol. The van der Waals surface area contributed by atoms with Crippen LogP contribution < -0.4 is 5.32 Å². The normalized spacial score (nSPS) is 16.3. The minimum Gasteiger partial charge on any atom is -0.475 e. The first-order chi connectivity index (χ1) is 14.5. The number of nitrogens with zero attached hydrogens (tertiary/aromatic N) is 3. The number of fused-ring (bicyclic) bond motifs is 1. The number of carboxylic acid groups (broad SMARTS) is 1. The summed E-state index contributed by atoms with van der Waals surface area (Å²) < 4.78 is 38.8. The Morgan fingerprint density at radius 3 is 2.58 bits per heavy atom. The first-order valence-electron chi connectivity index (χ1n) is 9.46. The molecule has 12 heteroatoms. The molecule has 0 aliphatic carbocycles. The highest BCUT2D eigenvalue weighted by molar-refractivity contribution is 7.11. The molecule has 0 aromatic carbocycles. The third kappa shape index (κ3) is 7.04. The van der Waals surface area contributed by atoms with Crippen LogP contribution in [0.1, 0.15) is 39.0 Å². The second-order valence-corrected chi connectivity index (χ2v) is 8.26. The second kappa shape index (κ2) is 10.7. The molecule has 2 aromatic rings. The molecule has 1 amide bonds. The summed E-state index contributed by atoms with van der Waals surface area (Å²) in [5, 5.41) is 9.95. The lowest BCUT2D eigenvalue weighted by atomic mass is 10.2. The van der Waals surface area contributed by atoms with Gasteiger partial charge in [0.2, 0.25) is 0 Å². The average Bonchev–Trinajstić information content (AvgIpc) is 3.30. The predicted octanol–water partition coefficient (Wildman–Crippen LogP) is 2.84. The van der Waals surface area contributed by atoms with Crippen LogP contribution in [-0.4, -0.2) is 64.4 Å². The maximum atomic E-state index is 12.2. The number of rotatable bonds is 6. The summed E-state index contributed by atoms with van der Waals surface area (Å²) in [4.78, 5) is 30.8. The number of ether oxygens (including phenoxy) is 1. The van der Waals surface area contributed by atoms with Gasteiger partial charge >= 0.3 is 12.1 Å². The van der Waals surface area contributed by atoms with E-state index in [9.17, 15) is 18.0 Å². The largest absolute Gasteiger partial charge is 0.490 e. The van der Waals surface area contributed by atoms with E-state index in [-0.39, 0.29) is 11.9 Å². The fourth-order valence-corrected chi connectivity index (χ4v) is 3.90. The summed E-state index contributed by atoms with van der Waals surface area (Å²) in [5.41, 5.74) is 0.488. The van der Waals surface area contributed by atoms with E-state index in [1.54, 1.807) is 7.11 Å². The fraction of sp³-hybridized carbons (Fsp3) is 0.526. The number of aryl methyl sites for hydroxylation is 1. The first-order valence-corrected chi connectivity index (χ1v) is 10.3. The number of alkyl halides is 3. The Labute approximate surface area is 181 Å². The van der Waals surface area contributed by atoms with Gasteiger partial charge in [-0.3, -0.25) is 9.69 Å². The van der Waals surface area contributed by atoms with Gasteiger partial charge in [0.1, 0.15) is 11.5 Å². The molecule has 0 spiro atoms. The first kappa shape index (κ1) is 24.8. The van der Waals surface area contributed by atoms with Gasteiger partial charge in [0, 0.05) is 49.2 Å². The molecule has 8 nitrogen and oxygen atoms in total. The predicted molar refractivity (Wildman–Crippen MR) is 108 cm³/mol. The summed E-state index contributed by atoms with van der Waals surface area (Å²) in [7, 11) is 1.62. The van der Waals surface area contributed by atoms with Crippen molar-refractivity contribution in [1.82, 2.24) is 19.8 Å². The topological polar surface area (TPSA) is 96.7 Å². The van der Waals surface area contributed by atoms with Gasteiger partial charge in [-0.1, -0.05) is 0 Å². The van der Waals surface area contributed by atoms with Crippen molar-refractivity contribution in [2.75, 3.05) is 26.8 Å². The van der Waals surface area contributed by atoms with E-state index < -0.39 is 12.1 Å². The molecule has 1 unspecified atom stereocenters. The van der Waals surface area contributed by atoms with Crippen LogP contribution in [0.4, 0.5) is 13.2 Å². The van der Waals surface area contributed by atoms with E-state index in [1.165, 1.54) is 9.75 Å². The number of methoxy groups -OCH3 is 1. The molecule has 0 saturated carbocycles. The van der Waals surface area contributed by atoms with Crippen molar-refractivity contribution in [2.45, 2.75) is 39.2 Å². The van der Waals surface area contributed by atoms with Crippen molar-refractivity contribution >= 4 is 23.2 Å². The molecule has 2 aromatic heterocycles. The third-order valence-corrected chi connectivity index (χ3v) is 5.56. The van der Waals surface area contributed by atoms with Crippen molar-refractivity contribution in [3.8, 4) is 0 Å². The molecule has 0 saturated heterocycles. The minimum atomic E-state index is -5.08.